The summed E-state index contributed by atoms with van der Waals surface area (Å²) in [7, 11) is -6.24. The molecule has 17 heteroatoms. The summed E-state index contributed by atoms with van der Waals surface area (Å²) in [5.41, 5.74) is -9.44. The standard InChI is InChI=1S/C26H25F7INO6SSi/c1-22(13-36,14-41-43-40)21(37)35-11-10-23(42(38,39)18-6-4-17(34)5-7-18)19-8-3-16(12-15(19)2-9-20(23)35)24(27,25(28,29)30)26(31,32)33/h3-8,12,20,36,43H,2,9-11,13-14H2,1H3/t20-,22?,23-/m1/s1. The zero-order valence-corrected chi connectivity index (χ0v) is 26.4. The molecule has 2 aromatic carbocycles. The summed E-state index contributed by atoms with van der Waals surface area (Å²) in [5, 5.41) is 10.0. The number of aryl methyl sites for hydroxylation is 1. The van der Waals surface area contributed by atoms with Crippen molar-refractivity contribution in [2.75, 3.05) is 19.8 Å². The number of aliphatic hydroxyl groups is 1. The number of sulfone groups is 1. The van der Waals surface area contributed by atoms with Gasteiger partial charge in [-0.25, -0.2) is 12.8 Å². The molecule has 1 fully saturated rings. The summed E-state index contributed by atoms with van der Waals surface area (Å²) in [6.07, 6.45) is -13.5. The quantitative estimate of drug-likeness (QED) is 0.241. The largest absolute Gasteiger partial charge is 0.525 e. The van der Waals surface area contributed by atoms with E-state index in [-0.39, 0.29) is 41.8 Å². The molecule has 43 heavy (non-hydrogen) atoms. The predicted molar refractivity (Wildman–Crippen MR) is 147 cm³/mol. The van der Waals surface area contributed by atoms with Crippen molar-refractivity contribution in [3.8, 4) is 0 Å². The molecule has 0 spiro atoms. The van der Waals surface area contributed by atoms with Gasteiger partial charge in [0.05, 0.1) is 24.2 Å². The zero-order chi connectivity index (χ0) is 32.2. The first-order valence-electron chi connectivity index (χ1n) is 12.8. The van der Waals surface area contributed by atoms with E-state index in [1.807, 2.05) is 22.6 Å². The smallest absolute Gasteiger partial charge is 0.487 e. The Morgan fingerprint density at radius 3 is 2.23 bits per heavy atom. The van der Waals surface area contributed by atoms with Crippen LogP contribution in [-0.2, 0) is 40.4 Å². The highest BCUT2D eigenvalue weighted by Crippen LogP contribution is 2.57. The molecular formula is C26H25F7INO6SSi. The first-order chi connectivity index (χ1) is 19.8. The molecule has 1 N–H and O–H groups in total. The first kappa shape index (κ1) is 33.8. The average molecular weight is 768 g/mol. The van der Waals surface area contributed by atoms with Crippen LogP contribution < -0.4 is 0 Å². The van der Waals surface area contributed by atoms with Gasteiger partial charge in [-0.05, 0) is 84.2 Å². The van der Waals surface area contributed by atoms with Gasteiger partial charge in [-0.2, -0.15) is 26.3 Å². The Morgan fingerprint density at radius 2 is 1.70 bits per heavy atom. The molecule has 2 aromatic rings. The molecule has 0 bridgehead atoms. The number of nitrogens with zero attached hydrogens (tertiary/aromatic N) is 1. The second-order valence-electron chi connectivity index (χ2n) is 10.8. The van der Waals surface area contributed by atoms with Crippen LogP contribution in [0.15, 0.2) is 47.4 Å². The predicted octanol–water partition coefficient (Wildman–Crippen LogP) is 4.51. The van der Waals surface area contributed by atoms with Crippen molar-refractivity contribution in [1.82, 2.24) is 4.90 Å². The highest BCUT2D eigenvalue weighted by molar-refractivity contribution is 14.1. The minimum atomic E-state index is -6.36. The molecule has 3 atom stereocenters. The molecule has 2 aliphatic rings. The van der Waals surface area contributed by atoms with E-state index in [1.165, 1.54) is 36.1 Å². The van der Waals surface area contributed by atoms with Crippen LogP contribution in [0.3, 0.4) is 0 Å². The van der Waals surface area contributed by atoms with E-state index in [1.54, 1.807) is 0 Å². The third-order valence-electron chi connectivity index (χ3n) is 8.27. The summed E-state index contributed by atoms with van der Waals surface area (Å²) >= 11 is 1.94. The Labute approximate surface area is 257 Å². The fraction of sp³-hybridized carbons (Fsp3) is 0.500. The molecule has 1 heterocycles. The summed E-state index contributed by atoms with van der Waals surface area (Å²) in [6, 6.07) is 5.92. The highest BCUT2D eigenvalue weighted by atomic mass is 127. The minimum Gasteiger partial charge on any atom is -0.525 e. The van der Waals surface area contributed by atoms with E-state index in [2.05, 4.69) is 0 Å². The third kappa shape index (κ3) is 5.20. The van der Waals surface area contributed by atoms with Gasteiger partial charge >= 0.3 is 27.7 Å². The molecule has 1 aliphatic heterocycles. The average Bonchev–Trinajstić information content (AvgIpc) is 3.35. The molecular weight excluding hydrogens is 742 g/mol. The lowest BCUT2D eigenvalue weighted by molar-refractivity contribution is -0.348. The van der Waals surface area contributed by atoms with Gasteiger partial charge in [0.25, 0.3) is 0 Å². The fourth-order valence-electron chi connectivity index (χ4n) is 6.04. The van der Waals surface area contributed by atoms with Gasteiger partial charge in [0.15, 0.2) is 9.84 Å². The maximum Gasteiger partial charge on any atom is 0.487 e. The van der Waals surface area contributed by atoms with Crippen LogP contribution in [0, 0.1) is 8.99 Å². The number of likely N-dealkylation sites (tertiary alicyclic amines) is 1. The van der Waals surface area contributed by atoms with Gasteiger partial charge in [-0.15, -0.1) is 0 Å². The van der Waals surface area contributed by atoms with E-state index in [4.69, 9.17) is 4.43 Å². The lowest BCUT2D eigenvalue weighted by Crippen LogP contribution is -2.56. The van der Waals surface area contributed by atoms with Crippen molar-refractivity contribution in [3.63, 3.8) is 0 Å². The van der Waals surface area contributed by atoms with Crippen molar-refractivity contribution < 1.29 is 57.9 Å². The Morgan fingerprint density at radius 1 is 1.09 bits per heavy atom. The van der Waals surface area contributed by atoms with Gasteiger partial charge in [-0.1, -0.05) is 18.2 Å². The maximum atomic E-state index is 15.0. The molecule has 4 rings (SSSR count). The summed E-state index contributed by atoms with van der Waals surface area (Å²) < 4.78 is 140. The lowest BCUT2D eigenvalue weighted by Gasteiger charge is -2.44. The van der Waals surface area contributed by atoms with E-state index in [0.717, 1.165) is 6.07 Å². The number of carbonyl (C=O) groups is 1. The van der Waals surface area contributed by atoms with Crippen molar-refractivity contribution >= 4 is 48.0 Å². The van der Waals surface area contributed by atoms with Gasteiger partial charge in [0.1, 0.15) is 10.2 Å². The van der Waals surface area contributed by atoms with Gasteiger partial charge in [0, 0.05) is 15.7 Å². The number of hydrogen-bond donors (Lipinski definition) is 1. The van der Waals surface area contributed by atoms with Crippen LogP contribution in [0.25, 0.3) is 0 Å². The topological polar surface area (TPSA) is 101 Å². The normalized spacial score (nSPS) is 22.4. The summed E-state index contributed by atoms with van der Waals surface area (Å²) in [5.74, 6) is -0.732. The van der Waals surface area contributed by atoms with E-state index < -0.39 is 78.4 Å². The molecule has 1 saturated heterocycles. The van der Waals surface area contributed by atoms with E-state index in [9.17, 15) is 53.5 Å². The lowest BCUT2D eigenvalue weighted by atomic mass is 9.76. The summed E-state index contributed by atoms with van der Waals surface area (Å²) in [6.45, 7) is -0.0735. The zero-order valence-electron chi connectivity index (χ0n) is 22.3. The molecule has 236 valence electrons. The third-order valence-corrected chi connectivity index (χ3v) is 11.8. The maximum absolute atomic E-state index is 15.0. The van der Waals surface area contributed by atoms with Gasteiger partial charge in [0.2, 0.25) is 5.91 Å². The number of alkyl halides is 7. The van der Waals surface area contributed by atoms with Crippen molar-refractivity contribution in [2.45, 2.75) is 59.9 Å². The number of rotatable bonds is 8. The molecule has 1 aliphatic carbocycles. The number of halogens is 8. The van der Waals surface area contributed by atoms with Crippen LogP contribution in [0.1, 0.15) is 36.5 Å². The fourth-order valence-corrected chi connectivity index (χ4v) is 9.20. The second kappa shape index (κ2) is 11.3. The molecule has 0 saturated carbocycles. The molecule has 1 unspecified atom stereocenters. The Kier molecular flexibility index (Phi) is 8.91. The van der Waals surface area contributed by atoms with Crippen LogP contribution >= 0.6 is 22.6 Å². The van der Waals surface area contributed by atoms with Crippen LogP contribution in [0.5, 0.6) is 0 Å². The molecule has 1 amide bonds. The SMILES string of the molecule is CC(CO)(CO[SiH]=O)C(=O)N1CC[C@@]2(S(=O)(=O)c3ccc(I)cc3)c3ccc(C(F)(C(F)(F)F)C(F)(F)F)cc3CC[C@@H]12. The van der Waals surface area contributed by atoms with Crippen LogP contribution in [0.2, 0.25) is 0 Å². The molecule has 0 radical (unpaired) electrons. The van der Waals surface area contributed by atoms with Gasteiger partial charge < -0.3 is 18.9 Å². The van der Waals surface area contributed by atoms with E-state index >= 15 is 0 Å². The van der Waals surface area contributed by atoms with Crippen molar-refractivity contribution in [1.29, 1.82) is 0 Å². The van der Waals surface area contributed by atoms with Crippen LogP contribution in [0.4, 0.5) is 30.7 Å². The number of carbonyl (C=O) groups excluding carboxylic acids is 1. The number of amides is 1. The minimum absolute atomic E-state index is 0.140. The van der Waals surface area contributed by atoms with Crippen molar-refractivity contribution in [2.24, 2.45) is 5.41 Å². The number of benzene rings is 2. The molecule has 0 aromatic heterocycles. The van der Waals surface area contributed by atoms with Crippen LogP contribution in [-0.4, -0.2) is 72.1 Å². The first-order valence-corrected chi connectivity index (χ1v) is 16.3. The summed E-state index contributed by atoms with van der Waals surface area (Å²) in [4.78, 5) is 14.7. The highest BCUT2D eigenvalue weighted by Gasteiger charge is 2.74. The Bertz CT molecular complexity index is 1510. The Hall–Kier alpha value is -2.12. The Balaban J connectivity index is 1.94. The number of fused-ring (bicyclic) bond motifs is 3. The van der Waals surface area contributed by atoms with Crippen molar-refractivity contribution in [3.05, 3.63) is 62.7 Å². The number of hydrogen-bond acceptors (Lipinski definition) is 6. The van der Waals surface area contributed by atoms with Gasteiger partial charge in [-0.3, -0.25) is 4.79 Å². The number of aliphatic hydroxyl groups excluding tert-OH is 1. The monoisotopic (exact) mass is 767 g/mol. The second-order valence-corrected chi connectivity index (χ2v) is 14.8. The van der Waals surface area contributed by atoms with E-state index in [0.29, 0.717) is 15.7 Å². The molecule has 7 nitrogen and oxygen atoms in total.